The standard InChI is InChI=1S/C13H22N6/c1-10(2)11-9-12-13(16-5-8-19(12)17-11)18(6-3-14)7-4-15/h5,8-10H,3-4,6-7,14-15H2,1-2H3. The molecule has 0 aliphatic carbocycles. The molecule has 0 aliphatic heterocycles. The fourth-order valence-corrected chi connectivity index (χ4v) is 2.09. The predicted octanol–water partition coefficient (Wildman–Crippen LogP) is 0.577. The second-order valence-corrected chi connectivity index (χ2v) is 4.87. The van der Waals surface area contributed by atoms with Crippen LogP contribution >= 0.6 is 0 Å². The molecule has 0 aliphatic rings. The number of fused-ring (bicyclic) bond motifs is 1. The Morgan fingerprint density at radius 1 is 1.26 bits per heavy atom. The van der Waals surface area contributed by atoms with Crippen molar-refractivity contribution in [1.82, 2.24) is 14.6 Å². The lowest BCUT2D eigenvalue weighted by Crippen LogP contribution is -2.34. The zero-order valence-electron chi connectivity index (χ0n) is 11.6. The molecular weight excluding hydrogens is 240 g/mol. The van der Waals surface area contributed by atoms with Crippen LogP contribution in [0, 0.1) is 0 Å². The second kappa shape index (κ2) is 5.99. The van der Waals surface area contributed by atoms with Crippen LogP contribution in [0.15, 0.2) is 18.5 Å². The normalized spacial score (nSPS) is 11.4. The SMILES string of the molecule is CC(C)c1cc2c(N(CCN)CCN)nccn2n1. The molecule has 0 unspecified atom stereocenters. The lowest BCUT2D eigenvalue weighted by Gasteiger charge is -2.22. The van der Waals surface area contributed by atoms with Crippen molar-refractivity contribution in [3.05, 3.63) is 24.2 Å². The van der Waals surface area contributed by atoms with Crippen LogP contribution in [0.1, 0.15) is 25.5 Å². The van der Waals surface area contributed by atoms with Crippen LogP contribution in [0.2, 0.25) is 0 Å². The molecule has 0 radical (unpaired) electrons. The van der Waals surface area contributed by atoms with E-state index in [4.69, 9.17) is 11.5 Å². The summed E-state index contributed by atoms with van der Waals surface area (Å²) in [6.07, 6.45) is 3.63. The molecule has 2 heterocycles. The maximum absolute atomic E-state index is 5.66. The summed E-state index contributed by atoms with van der Waals surface area (Å²) in [5.74, 6) is 1.29. The second-order valence-electron chi connectivity index (χ2n) is 4.87. The van der Waals surface area contributed by atoms with Gasteiger partial charge >= 0.3 is 0 Å². The van der Waals surface area contributed by atoms with Crippen molar-refractivity contribution >= 4 is 11.3 Å². The number of aromatic nitrogens is 3. The van der Waals surface area contributed by atoms with Crippen LogP contribution in [0.5, 0.6) is 0 Å². The Balaban J connectivity index is 2.46. The Bertz CT molecular complexity index is 527. The number of hydrogen-bond acceptors (Lipinski definition) is 5. The van der Waals surface area contributed by atoms with E-state index in [9.17, 15) is 0 Å². The summed E-state index contributed by atoms with van der Waals surface area (Å²) in [4.78, 5) is 6.58. The van der Waals surface area contributed by atoms with Gasteiger partial charge in [0.2, 0.25) is 0 Å². The molecule has 0 bridgehead atoms. The van der Waals surface area contributed by atoms with Gasteiger partial charge in [0.25, 0.3) is 0 Å². The number of rotatable bonds is 6. The van der Waals surface area contributed by atoms with E-state index in [0.717, 1.165) is 30.1 Å². The average molecular weight is 262 g/mol. The Morgan fingerprint density at radius 2 is 1.95 bits per heavy atom. The van der Waals surface area contributed by atoms with Crippen LogP contribution in [-0.2, 0) is 0 Å². The Labute approximate surface area is 113 Å². The van der Waals surface area contributed by atoms with E-state index in [1.807, 2.05) is 10.7 Å². The average Bonchev–Trinajstić information content (AvgIpc) is 2.82. The van der Waals surface area contributed by atoms with E-state index in [-0.39, 0.29) is 0 Å². The number of nitrogens with zero attached hydrogens (tertiary/aromatic N) is 4. The summed E-state index contributed by atoms with van der Waals surface area (Å²) >= 11 is 0. The Morgan fingerprint density at radius 3 is 2.53 bits per heavy atom. The molecule has 6 heteroatoms. The summed E-state index contributed by atoms with van der Waals surface area (Å²) in [6.45, 7) is 6.90. The first-order valence-electron chi connectivity index (χ1n) is 6.66. The maximum Gasteiger partial charge on any atom is 0.154 e. The van der Waals surface area contributed by atoms with Gasteiger partial charge < -0.3 is 16.4 Å². The molecule has 2 aromatic heterocycles. The molecule has 0 spiro atoms. The topological polar surface area (TPSA) is 85.5 Å². The minimum absolute atomic E-state index is 0.394. The minimum Gasteiger partial charge on any atom is -0.352 e. The molecule has 6 nitrogen and oxygen atoms in total. The van der Waals surface area contributed by atoms with E-state index in [2.05, 4.69) is 34.9 Å². The van der Waals surface area contributed by atoms with E-state index in [0.29, 0.717) is 19.0 Å². The van der Waals surface area contributed by atoms with Crippen molar-refractivity contribution < 1.29 is 0 Å². The smallest absolute Gasteiger partial charge is 0.154 e. The van der Waals surface area contributed by atoms with Crippen molar-refractivity contribution in [1.29, 1.82) is 0 Å². The molecule has 0 atom stereocenters. The molecule has 0 saturated carbocycles. The van der Waals surface area contributed by atoms with Gasteiger partial charge in [0, 0.05) is 38.6 Å². The molecule has 2 aromatic rings. The van der Waals surface area contributed by atoms with Crippen molar-refractivity contribution in [2.24, 2.45) is 11.5 Å². The van der Waals surface area contributed by atoms with E-state index >= 15 is 0 Å². The van der Waals surface area contributed by atoms with Crippen LogP contribution in [-0.4, -0.2) is 40.8 Å². The largest absolute Gasteiger partial charge is 0.352 e. The molecule has 2 rings (SSSR count). The summed E-state index contributed by atoms with van der Waals surface area (Å²) < 4.78 is 1.87. The molecule has 104 valence electrons. The first kappa shape index (κ1) is 13.8. The van der Waals surface area contributed by atoms with Crippen molar-refractivity contribution in [2.45, 2.75) is 19.8 Å². The quantitative estimate of drug-likeness (QED) is 0.795. The lowest BCUT2D eigenvalue weighted by molar-refractivity contribution is 0.762. The molecule has 0 saturated heterocycles. The zero-order valence-corrected chi connectivity index (χ0v) is 11.6. The first-order chi connectivity index (χ1) is 9.17. The Kier molecular flexibility index (Phi) is 4.34. The monoisotopic (exact) mass is 262 g/mol. The van der Waals surface area contributed by atoms with Gasteiger partial charge in [-0.3, -0.25) is 0 Å². The number of nitrogens with two attached hydrogens (primary N) is 2. The molecule has 0 amide bonds. The van der Waals surface area contributed by atoms with Crippen molar-refractivity contribution in [3.63, 3.8) is 0 Å². The molecule has 4 N–H and O–H groups in total. The lowest BCUT2D eigenvalue weighted by atomic mass is 10.1. The first-order valence-corrected chi connectivity index (χ1v) is 6.66. The minimum atomic E-state index is 0.394. The molecule has 0 aromatic carbocycles. The van der Waals surface area contributed by atoms with Crippen LogP contribution < -0.4 is 16.4 Å². The van der Waals surface area contributed by atoms with Crippen LogP contribution in [0.25, 0.3) is 5.52 Å². The predicted molar refractivity (Wildman–Crippen MR) is 77.4 cm³/mol. The molecular formula is C13H22N6. The summed E-state index contributed by atoms with van der Waals surface area (Å²) in [5.41, 5.74) is 13.4. The molecule has 19 heavy (non-hydrogen) atoms. The fourth-order valence-electron chi connectivity index (χ4n) is 2.09. The van der Waals surface area contributed by atoms with Gasteiger partial charge in [-0.2, -0.15) is 5.10 Å². The molecule has 0 fully saturated rings. The van der Waals surface area contributed by atoms with Crippen LogP contribution in [0.4, 0.5) is 5.82 Å². The summed E-state index contributed by atoms with van der Waals surface area (Å²) in [6, 6.07) is 2.09. The van der Waals surface area contributed by atoms with Crippen molar-refractivity contribution in [2.75, 3.05) is 31.1 Å². The van der Waals surface area contributed by atoms with Crippen molar-refractivity contribution in [3.8, 4) is 0 Å². The summed E-state index contributed by atoms with van der Waals surface area (Å²) in [5, 5.41) is 4.56. The number of anilines is 1. The number of hydrogen-bond donors (Lipinski definition) is 2. The zero-order chi connectivity index (χ0) is 13.8. The fraction of sp³-hybridized carbons (Fsp3) is 0.538. The van der Waals surface area contributed by atoms with E-state index in [1.54, 1.807) is 6.20 Å². The summed E-state index contributed by atoms with van der Waals surface area (Å²) in [7, 11) is 0. The van der Waals surface area contributed by atoms with Gasteiger partial charge in [-0.05, 0) is 12.0 Å². The maximum atomic E-state index is 5.66. The van der Waals surface area contributed by atoms with Gasteiger partial charge in [-0.1, -0.05) is 13.8 Å². The third-order valence-electron chi connectivity index (χ3n) is 3.08. The highest BCUT2D eigenvalue weighted by Crippen LogP contribution is 2.22. The van der Waals surface area contributed by atoms with Gasteiger partial charge in [0.15, 0.2) is 5.82 Å². The van der Waals surface area contributed by atoms with E-state index < -0.39 is 0 Å². The van der Waals surface area contributed by atoms with Crippen LogP contribution in [0.3, 0.4) is 0 Å². The van der Waals surface area contributed by atoms with Gasteiger partial charge in [0.05, 0.1) is 5.69 Å². The highest BCUT2D eigenvalue weighted by Gasteiger charge is 2.14. The Hall–Kier alpha value is -1.66. The van der Waals surface area contributed by atoms with Gasteiger partial charge in [0.1, 0.15) is 5.52 Å². The highest BCUT2D eigenvalue weighted by molar-refractivity contribution is 5.69. The third-order valence-corrected chi connectivity index (χ3v) is 3.08. The van der Waals surface area contributed by atoms with E-state index in [1.165, 1.54) is 0 Å². The van der Waals surface area contributed by atoms with Gasteiger partial charge in [-0.25, -0.2) is 9.50 Å². The van der Waals surface area contributed by atoms with Gasteiger partial charge in [-0.15, -0.1) is 0 Å². The highest BCUT2D eigenvalue weighted by atomic mass is 15.3. The third kappa shape index (κ3) is 2.85.